The van der Waals surface area contributed by atoms with Crippen LogP contribution in [0.25, 0.3) is 0 Å². The summed E-state index contributed by atoms with van der Waals surface area (Å²) in [4.78, 5) is 8.88. The molecule has 0 fully saturated rings. The van der Waals surface area contributed by atoms with Crippen LogP contribution in [0.1, 0.15) is 56.0 Å². The second-order valence-electron chi connectivity index (χ2n) is 8.43. The van der Waals surface area contributed by atoms with Crippen LogP contribution in [-0.4, -0.2) is 24.0 Å². The molecule has 7 heteroatoms. The molecule has 2 aromatic carbocycles. The molecule has 2 heterocycles. The first-order chi connectivity index (χ1) is 15.9. The molecule has 4 rings (SSSR count). The first kappa shape index (κ1) is 23.8. The van der Waals surface area contributed by atoms with Gasteiger partial charge >= 0.3 is 0 Å². The van der Waals surface area contributed by atoms with Gasteiger partial charge in [-0.15, -0.1) is 0 Å². The fourth-order valence-electron chi connectivity index (χ4n) is 4.56. The number of para-hydroxylation sites is 1. The Bertz CT molecular complexity index is 1200. The van der Waals surface area contributed by atoms with Crippen molar-refractivity contribution in [1.82, 2.24) is 4.98 Å². The molecule has 0 bridgehead atoms. The van der Waals surface area contributed by atoms with E-state index < -0.39 is 15.4 Å². The molecular weight excluding hydrogens is 452 g/mol. The highest BCUT2D eigenvalue weighted by Gasteiger charge is 2.35. The monoisotopic (exact) mass is 482 g/mol. The van der Waals surface area contributed by atoms with Gasteiger partial charge in [0.15, 0.2) is 0 Å². The van der Waals surface area contributed by atoms with Crippen molar-refractivity contribution in [2.45, 2.75) is 67.0 Å². The summed E-state index contributed by atoms with van der Waals surface area (Å²) in [6, 6.07) is 19.9. The molecule has 1 aliphatic rings. The Morgan fingerprint density at radius 2 is 1.73 bits per heavy atom. The number of benzene rings is 2. The smallest absolute Gasteiger partial charge is 0.273 e. The number of aromatic nitrogens is 1. The van der Waals surface area contributed by atoms with Crippen LogP contribution in [0.2, 0.25) is 0 Å². The number of pyridine rings is 1. The van der Waals surface area contributed by atoms with Crippen molar-refractivity contribution in [3.8, 4) is 0 Å². The first-order valence-electron chi connectivity index (χ1n) is 11.5. The molecule has 0 amide bonds. The van der Waals surface area contributed by atoms with E-state index in [2.05, 4.69) is 54.1 Å². The topological polar surface area (TPSA) is 70.5 Å². The zero-order valence-corrected chi connectivity index (χ0v) is 20.6. The van der Waals surface area contributed by atoms with Gasteiger partial charge in [-0.2, -0.15) is 8.42 Å². The zero-order valence-electron chi connectivity index (χ0n) is 19.0. The van der Waals surface area contributed by atoms with Gasteiger partial charge in [-0.25, -0.2) is 0 Å². The van der Waals surface area contributed by atoms with Crippen LogP contribution in [0.15, 0.2) is 76.7 Å². The number of nitrogens with zero attached hydrogens (tertiary/aromatic N) is 2. The van der Waals surface area contributed by atoms with E-state index in [0.717, 1.165) is 46.8 Å². The zero-order chi connectivity index (χ0) is 23.4. The van der Waals surface area contributed by atoms with E-state index in [4.69, 9.17) is 0 Å². The highest BCUT2D eigenvalue weighted by molar-refractivity contribution is 7.99. The molecule has 0 aliphatic carbocycles. The summed E-state index contributed by atoms with van der Waals surface area (Å²) in [6.07, 6.45) is 5.55. The van der Waals surface area contributed by atoms with Gasteiger partial charge in [0, 0.05) is 22.0 Å². The maximum Gasteiger partial charge on any atom is 0.273 e. The lowest BCUT2D eigenvalue weighted by atomic mass is 9.99. The van der Waals surface area contributed by atoms with Crippen molar-refractivity contribution in [2.24, 2.45) is 0 Å². The summed E-state index contributed by atoms with van der Waals surface area (Å²) in [5.74, 6) is 0. The lowest BCUT2D eigenvalue weighted by molar-refractivity contribution is 0.445. The average molecular weight is 483 g/mol. The molecule has 3 aromatic rings. The molecule has 5 nitrogen and oxygen atoms in total. The Morgan fingerprint density at radius 1 is 0.970 bits per heavy atom. The third kappa shape index (κ3) is 5.26. The third-order valence-corrected chi connectivity index (χ3v) is 8.30. The summed E-state index contributed by atoms with van der Waals surface area (Å²) in [7, 11) is -4.34. The molecule has 1 aliphatic heterocycles. The first-order valence-corrected chi connectivity index (χ1v) is 13.8. The van der Waals surface area contributed by atoms with Gasteiger partial charge in [0.2, 0.25) is 0 Å². The van der Waals surface area contributed by atoms with Crippen molar-refractivity contribution in [2.75, 3.05) is 4.90 Å². The van der Waals surface area contributed by atoms with Crippen LogP contribution in [0.5, 0.6) is 0 Å². The van der Waals surface area contributed by atoms with Crippen LogP contribution in [-0.2, 0) is 16.5 Å². The Hall–Kier alpha value is -2.35. The van der Waals surface area contributed by atoms with Gasteiger partial charge in [0.05, 0.1) is 17.1 Å². The molecule has 0 saturated heterocycles. The highest BCUT2D eigenvalue weighted by Crippen LogP contribution is 2.50. The molecule has 1 aromatic heterocycles. The van der Waals surface area contributed by atoms with Gasteiger partial charge in [0.1, 0.15) is 5.25 Å². The Morgan fingerprint density at radius 3 is 2.42 bits per heavy atom. The van der Waals surface area contributed by atoms with Gasteiger partial charge in [0.25, 0.3) is 10.1 Å². The lowest BCUT2D eigenvalue weighted by Gasteiger charge is -2.40. The number of anilines is 2. The molecule has 0 spiro atoms. The summed E-state index contributed by atoms with van der Waals surface area (Å²) < 4.78 is 35.1. The van der Waals surface area contributed by atoms with E-state index in [1.807, 2.05) is 12.1 Å². The highest BCUT2D eigenvalue weighted by atomic mass is 32.2. The third-order valence-electron chi connectivity index (χ3n) is 6.02. The summed E-state index contributed by atoms with van der Waals surface area (Å²) >= 11 is 1.75. The van der Waals surface area contributed by atoms with Crippen molar-refractivity contribution < 1.29 is 13.0 Å². The summed E-state index contributed by atoms with van der Waals surface area (Å²) in [5, 5.41) is -1.08. The second kappa shape index (κ2) is 10.3. The van der Waals surface area contributed by atoms with E-state index in [0.29, 0.717) is 5.69 Å². The van der Waals surface area contributed by atoms with Crippen LogP contribution in [0.4, 0.5) is 11.4 Å². The minimum Gasteiger partial charge on any atom is -0.336 e. The fraction of sp³-hybridized carbons (Fsp3) is 0.346. The average Bonchev–Trinajstić information content (AvgIpc) is 2.80. The molecule has 2 atom stereocenters. The minimum absolute atomic E-state index is 0.124. The Labute approximate surface area is 201 Å². The van der Waals surface area contributed by atoms with Gasteiger partial charge in [-0.1, -0.05) is 62.7 Å². The second-order valence-corrected chi connectivity index (χ2v) is 11.1. The summed E-state index contributed by atoms with van der Waals surface area (Å²) in [5.41, 5.74) is 3.84. The fourth-order valence-corrected chi connectivity index (χ4v) is 6.52. The molecular formula is C26H30N2O3S2. The van der Waals surface area contributed by atoms with Gasteiger partial charge in [-0.3, -0.25) is 9.54 Å². The van der Waals surface area contributed by atoms with Crippen molar-refractivity contribution in [3.63, 3.8) is 0 Å². The standard InChI is InChI=1S/C26H30N2O3S2/c1-3-9-19-14-15-25-23(17-19)28(22-12-5-6-13-24(22)32-25)20(10-4-2)18-26(33(29,30)31)21-11-7-8-16-27-21/h5-8,11-17,20,26H,3-4,9-10,18H2,1-2H3,(H,29,30,31). The normalized spacial score (nSPS) is 14.9. The van der Waals surface area contributed by atoms with Crippen molar-refractivity contribution in [3.05, 3.63) is 78.1 Å². The predicted octanol–water partition coefficient (Wildman–Crippen LogP) is 6.82. The molecule has 1 N–H and O–H groups in total. The number of fused-ring (bicyclic) bond motifs is 2. The molecule has 174 valence electrons. The van der Waals surface area contributed by atoms with E-state index in [1.165, 1.54) is 5.56 Å². The number of rotatable bonds is 9. The van der Waals surface area contributed by atoms with E-state index in [-0.39, 0.29) is 12.5 Å². The van der Waals surface area contributed by atoms with Crippen LogP contribution in [0, 0.1) is 0 Å². The van der Waals surface area contributed by atoms with E-state index >= 15 is 0 Å². The Kier molecular flexibility index (Phi) is 7.41. The van der Waals surface area contributed by atoms with Crippen LogP contribution < -0.4 is 4.90 Å². The summed E-state index contributed by atoms with van der Waals surface area (Å²) in [6.45, 7) is 4.28. The van der Waals surface area contributed by atoms with Crippen molar-refractivity contribution in [1.29, 1.82) is 0 Å². The lowest BCUT2D eigenvalue weighted by Crippen LogP contribution is -2.36. The molecule has 2 unspecified atom stereocenters. The van der Waals surface area contributed by atoms with Crippen LogP contribution >= 0.6 is 11.8 Å². The predicted molar refractivity (Wildman–Crippen MR) is 135 cm³/mol. The number of aryl methyl sites for hydroxylation is 1. The van der Waals surface area contributed by atoms with Gasteiger partial charge < -0.3 is 4.90 Å². The maximum atomic E-state index is 12.5. The Balaban J connectivity index is 1.82. The quantitative estimate of drug-likeness (QED) is 0.337. The van der Waals surface area contributed by atoms with Gasteiger partial charge in [-0.05, 0) is 61.2 Å². The van der Waals surface area contributed by atoms with Crippen molar-refractivity contribution >= 4 is 33.3 Å². The molecule has 0 radical (unpaired) electrons. The van der Waals surface area contributed by atoms with E-state index in [9.17, 15) is 13.0 Å². The minimum atomic E-state index is -4.34. The maximum absolute atomic E-state index is 12.5. The molecule has 0 saturated carbocycles. The SMILES string of the molecule is CCCc1ccc2c(c1)N(C(CCC)CC(c1ccccn1)S(=O)(=O)O)c1ccccc1S2. The van der Waals surface area contributed by atoms with E-state index in [1.54, 1.807) is 36.2 Å². The molecule has 33 heavy (non-hydrogen) atoms. The number of hydrogen-bond donors (Lipinski definition) is 1. The van der Waals surface area contributed by atoms with Crippen LogP contribution in [0.3, 0.4) is 0 Å². The number of hydrogen-bond acceptors (Lipinski definition) is 5. The largest absolute Gasteiger partial charge is 0.336 e.